The molecule has 0 bridgehead atoms. The molecule has 0 aliphatic carbocycles. The molecule has 122 valence electrons. The molecule has 0 aromatic carbocycles. The molecule has 0 unspecified atom stereocenters. The minimum atomic E-state index is -1.11. The molecule has 7 heteroatoms. The summed E-state index contributed by atoms with van der Waals surface area (Å²) in [4.78, 5) is 9.25. The zero-order valence-electron chi connectivity index (χ0n) is 12.2. The third-order valence-corrected chi connectivity index (χ3v) is 2.46. The second-order valence-corrected chi connectivity index (χ2v) is 4.15. The summed E-state index contributed by atoms with van der Waals surface area (Å²) in [5.41, 5.74) is -1.11. The van der Waals surface area contributed by atoms with Gasteiger partial charge in [-0.05, 0) is 12.8 Å². The monoisotopic (exact) mass is 296 g/mol. The second kappa shape index (κ2) is 16.1. The summed E-state index contributed by atoms with van der Waals surface area (Å²) in [5, 5.41) is 50.3. The largest absolute Gasteiger partial charge is 0.478 e. The van der Waals surface area contributed by atoms with E-state index in [9.17, 15) is 4.79 Å². The van der Waals surface area contributed by atoms with E-state index in [1.807, 2.05) is 13.8 Å². The molecular formula is C13H28O7. The highest BCUT2D eigenvalue weighted by molar-refractivity contribution is 5.78. The Labute approximate surface area is 119 Å². The van der Waals surface area contributed by atoms with E-state index in [1.54, 1.807) is 0 Å². The number of carbonyl (C=O) groups is 1. The molecule has 0 spiro atoms. The van der Waals surface area contributed by atoms with Crippen molar-refractivity contribution >= 4 is 5.97 Å². The normalized spacial score (nSPS) is 10.0. The molecule has 0 saturated carbocycles. The Balaban J connectivity index is -0.000000230. The minimum Gasteiger partial charge on any atom is -0.478 e. The highest BCUT2D eigenvalue weighted by Gasteiger charge is 2.26. The molecule has 0 fully saturated rings. The molecule has 0 rings (SSSR count). The maximum Gasteiger partial charge on any atom is 0.327 e. The molecule has 0 aliphatic rings. The van der Waals surface area contributed by atoms with E-state index in [2.05, 4.69) is 6.58 Å². The van der Waals surface area contributed by atoms with Crippen molar-refractivity contribution in [2.75, 3.05) is 26.4 Å². The molecule has 6 N–H and O–H groups in total. The lowest BCUT2D eigenvalue weighted by Gasteiger charge is -2.23. The number of aliphatic hydroxyl groups excluding tert-OH is 5. The smallest absolute Gasteiger partial charge is 0.327 e. The number of rotatable bonds is 7. The molecule has 7 nitrogen and oxygen atoms in total. The average Bonchev–Trinajstić information content (AvgIpc) is 2.50. The first-order valence-corrected chi connectivity index (χ1v) is 6.29. The van der Waals surface area contributed by atoms with Crippen LogP contribution in [0.5, 0.6) is 0 Å². The van der Waals surface area contributed by atoms with Gasteiger partial charge in [-0.3, -0.25) is 0 Å². The first-order valence-electron chi connectivity index (χ1n) is 6.29. The fourth-order valence-electron chi connectivity index (χ4n) is 0.589. The van der Waals surface area contributed by atoms with Gasteiger partial charge in [-0.15, -0.1) is 0 Å². The fraction of sp³-hybridized carbons (Fsp3) is 0.769. The lowest BCUT2D eigenvalue weighted by molar-refractivity contribution is -0.131. The predicted molar refractivity (Wildman–Crippen MR) is 75.2 cm³/mol. The second-order valence-electron chi connectivity index (χ2n) is 4.15. The maximum absolute atomic E-state index is 9.25. The van der Waals surface area contributed by atoms with Crippen LogP contribution in [-0.4, -0.2) is 69.1 Å². The van der Waals surface area contributed by atoms with Gasteiger partial charge in [-0.2, -0.15) is 0 Å². The van der Waals surface area contributed by atoms with Crippen LogP contribution >= 0.6 is 0 Å². The summed E-state index contributed by atoms with van der Waals surface area (Å²) in [6.07, 6.45) is 2.54. The standard InChI is InChI=1S/C5H12O4.C5H12O.C3H4O2/c6-1-5(2-7,3-8)4-9;1-3-5(6)4-2;1-2-3(4)5/h6-9H,1-4H2;5-6H,3-4H2,1-2H3;2H,1H2,(H,4,5). The van der Waals surface area contributed by atoms with Gasteiger partial charge < -0.3 is 30.6 Å². The van der Waals surface area contributed by atoms with Crippen molar-refractivity contribution < 1.29 is 35.4 Å². The van der Waals surface area contributed by atoms with Crippen molar-refractivity contribution in [1.82, 2.24) is 0 Å². The van der Waals surface area contributed by atoms with Gasteiger partial charge in [0.1, 0.15) is 0 Å². The summed E-state index contributed by atoms with van der Waals surface area (Å²) in [5.74, 6) is -0.981. The van der Waals surface area contributed by atoms with E-state index in [4.69, 9.17) is 30.6 Å². The van der Waals surface area contributed by atoms with Crippen LogP contribution in [-0.2, 0) is 4.79 Å². The third kappa shape index (κ3) is 15.1. The predicted octanol–water partition coefficient (Wildman–Crippen LogP) is -0.634. The summed E-state index contributed by atoms with van der Waals surface area (Å²) in [6, 6.07) is 0. The SMILES string of the molecule is C=CC(=O)O.CCC(O)CC.OCC(CO)(CO)CO. The van der Waals surface area contributed by atoms with E-state index in [0.29, 0.717) is 0 Å². The number of aliphatic hydroxyl groups is 5. The van der Waals surface area contributed by atoms with Gasteiger partial charge in [0, 0.05) is 6.08 Å². The lowest BCUT2D eigenvalue weighted by atomic mass is 9.93. The number of hydrogen-bond donors (Lipinski definition) is 6. The molecule has 0 saturated heterocycles. The van der Waals surface area contributed by atoms with E-state index in [-0.39, 0.29) is 6.10 Å². The van der Waals surface area contributed by atoms with Gasteiger partial charge >= 0.3 is 5.97 Å². The van der Waals surface area contributed by atoms with Gasteiger partial charge in [0.05, 0.1) is 37.9 Å². The molecule has 0 atom stereocenters. The maximum atomic E-state index is 9.25. The number of aliphatic carboxylic acids is 1. The molecule has 0 heterocycles. The Kier molecular flexibility index (Phi) is 19.3. The van der Waals surface area contributed by atoms with Crippen LogP contribution in [0.2, 0.25) is 0 Å². The van der Waals surface area contributed by atoms with Crippen LogP contribution in [0.4, 0.5) is 0 Å². The van der Waals surface area contributed by atoms with E-state index in [0.717, 1.165) is 18.9 Å². The van der Waals surface area contributed by atoms with Crippen molar-refractivity contribution in [1.29, 1.82) is 0 Å². The lowest BCUT2D eigenvalue weighted by Crippen LogP contribution is -2.37. The Morgan fingerprint density at radius 1 is 1.05 bits per heavy atom. The highest BCUT2D eigenvalue weighted by Crippen LogP contribution is 2.11. The van der Waals surface area contributed by atoms with Gasteiger partial charge in [-0.1, -0.05) is 20.4 Å². The molecule has 0 aromatic heterocycles. The van der Waals surface area contributed by atoms with E-state index >= 15 is 0 Å². The average molecular weight is 296 g/mol. The number of hydrogen-bond acceptors (Lipinski definition) is 6. The molecule has 0 aliphatic heterocycles. The van der Waals surface area contributed by atoms with Crippen LogP contribution in [0.3, 0.4) is 0 Å². The van der Waals surface area contributed by atoms with Crippen LogP contribution in [0.15, 0.2) is 12.7 Å². The Bertz CT molecular complexity index is 205. The first-order chi connectivity index (χ1) is 9.32. The topological polar surface area (TPSA) is 138 Å². The minimum absolute atomic E-state index is 0.0648. The number of carboxylic acid groups (broad SMARTS) is 1. The first kappa shape index (κ1) is 24.1. The van der Waals surface area contributed by atoms with E-state index < -0.39 is 37.8 Å². The van der Waals surface area contributed by atoms with Crippen molar-refractivity contribution in [2.45, 2.75) is 32.8 Å². The highest BCUT2D eigenvalue weighted by atomic mass is 16.4. The summed E-state index contributed by atoms with van der Waals surface area (Å²) >= 11 is 0. The van der Waals surface area contributed by atoms with Crippen molar-refractivity contribution in [3.63, 3.8) is 0 Å². The van der Waals surface area contributed by atoms with Gasteiger partial charge in [0.15, 0.2) is 0 Å². The Morgan fingerprint density at radius 3 is 1.30 bits per heavy atom. The zero-order valence-corrected chi connectivity index (χ0v) is 12.2. The summed E-state index contributed by atoms with van der Waals surface area (Å²) < 4.78 is 0. The van der Waals surface area contributed by atoms with Crippen molar-refractivity contribution in [3.05, 3.63) is 12.7 Å². The summed E-state index contributed by atoms with van der Waals surface area (Å²) in [7, 11) is 0. The van der Waals surface area contributed by atoms with Crippen LogP contribution in [0.25, 0.3) is 0 Å². The van der Waals surface area contributed by atoms with Crippen LogP contribution < -0.4 is 0 Å². The molecule has 0 radical (unpaired) electrons. The van der Waals surface area contributed by atoms with E-state index in [1.165, 1.54) is 0 Å². The molecule has 20 heavy (non-hydrogen) atoms. The quantitative estimate of drug-likeness (QED) is 0.344. The van der Waals surface area contributed by atoms with Crippen molar-refractivity contribution in [3.8, 4) is 0 Å². The fourth-order valence-corrected chi connectivity index (χ4v) is 0.589. The molecule has 0 amide bonds. The van der Waals surface area contributed by atoms with Gasteiger partial charge in [0.25, 0.3) is 0 Å². The number of carboxylic acids is 1. The van der Waals surface area contributed by atoms with Crippen LogP contribution in [0, 0.1) is 5.41 Å². The third-order valence-electron chi connectivity index (χ3n) is 2.46. The molecule has 0 aromatic rings. The van der Waals surface area contributed by atoms with Gasteiger partial charge in [0.2, 0.25) is 0 Å². The molecular weight excluding hydrogens is 268 g/mol. The summed E-state index contributed by atoms with van der Waals surface area (Å²) in [6.45, 7) is 5.30. The Hall–Kier alpha value is -0.990. The zero-order chi connectivity index (χ0) is 16.6. The van der Waals surface area contributed by atoms with Gasteiger partial charge in [-0.25, -0.2) is 4.79 Å². The van der Waals surface area contributed by atoms with Crippen molar-refractivity contribution in [2.24, 2.45) is 5.41 Å². The Morgan fingerprint density at radius 2 is 1.30 bits per heavy atom. The van der Waals surface area contributed by atoms with Crippen LogP contribution in [0.1, 0.15) is 26.7 Å².